The van der Waals surface area contributed by atoms with Gasteiger partial charge in [-0.15, -0.1) is 6.58 Å². The predicted octanol–water partition coefficient (Wildman–Crippen LogP) is 3.52. The van der Waals surface area contributed by atoms with Gasteiger partial charge in [-0.3, -0.25) is 0 Å². The van der Waals surface area contributed by atoms with Crippen LogP contribution in [-0.2, 0) is 11.3 Å². The van der Waals surface area contributed by atoms with Crippen LogP contribution in [0.15, 0.2) is 30.9 Å². The molecule has 0 heterocycles. The molecule has 23 heavy (non-hydrogen) atoms. The summed E-state index contributed by atoms with van der Waals surface area (Å²) < 4.78 is 31.2. The first-order valence-corrected chi connectivity index (χ1v) is 7.46. The van der Waals surface area contributed by atoms with Crippen LogP contribution < -0.4 is 10.6 Å². The van der Waals surface area contributed by atoms with Crippen molar-refractivity contribution in [2.24, 2.45) is 0 Å². The number of nitrogens with one attached hydrogen (secondary N) is 2. The molecule has 0 aliphatic rings. The normalized spacial score (nSPS) is 12.6. The van der Waals surface area contributed by atoms with Gasteiger partial charge in [0.1, 0.15) is 5.60 Å². The van der Waals surface area contributed by atoms with Gasteiger partial charge in [-0.2, -0.15) is 0 Å². The van der Waals surface area contributed by atoms with Gasteiger partial charge in [0.05, 0.1) is 0 Å². The van der Waals surface area contributed by atoms with Crippen molar-refractivity contribution in [3.63, 3.8) is 0 Å². The Hall–Kier alpha value is -1.95. The molecular formula is C17H24F2N2O2. The maximum atomic E-state index is 13.1. The molecule has 2 N–H and O–H groups in total. The fourth-order valence-corrected chi connectivity index (χ4v) is 1.91. The van der Waals surface area contributed by atoms with Crippen LogP contribution in [0.4, 0.5) is 13.6 Å². The topological polar surface area (TPSA) is 50.4 Å². The molecule has 4 nitrogen and oxygen atoms in total. The minimum atomic E-state index is -0.876. The molecule has 0 fully saturated rings. The lowest BCUT2D eigenvalue weighted by atomic mass is 10.2. The SMILES string of the molecule is C=CC[C@H](CNCc1ccc(F)c(F)c1)NC(=O)OC(C)(C)C. The Morgan fingerprint density at radius 3 is 2.61 bits per heavy atom. The van der Waals surface area contributed by atoms with Crippen molar-refractivity contribution < 1.29 is 18.3 Å². The van der Waals surface area contributed by atoms with Crippen LogP contribution in [0, 0.1) is 11.6 Å². The van der Waals surface area contributed by atoms with E-state index in [1.54, 1.807) is 26.8 Å². The molecule has 128 valence electrons. The molecule has 0 radical (unpaired) electrons. The number of ether oxygens (including phenoxy) is 1. The second kappa shape index (κ2) is 8.62. The summed E-state index contributed by atoms with van der Waals surface area (Å²) in [4.78, 5) is 11.8. The minimum Gasteiger partial charge on any atom is -0.444 e. The summed E-state index contributed by atoms with van der Waals surface area (Å²) in [6.45, 7) is 9.83. The first kappa shape index (κ1) is 19.1. The summed E-state index contributed by atoms with van der Waals surface area (Å²) in [7, 11) is 0. The highest BCUT2D eigenvalue weighted by molar-refractivity contribution is 5.68. The number of alkyl carbamates (subject to hydrolysis) is 1. The molecule has 0 aromatic heterocycles. The highest BCUT2D eigenvalue weighted by Gasteiger charge is 2.18. The van der Waals surface area contributed by atoms with Gasteiger partial charge >= 0.3 is 6.09 Å². The van der Waals surface area contributed by atoms with E-state index in [2.05, 4.69) is 17.2 Å². The Balaban J connectivity index is 2.47. The Labute approximate surface area is 135 Å². The smallest absolute Gasteiger partial charge is 0.407 e. The van der Waals surface area contributed by atoms with Crippen molar-refractivity contribution in [2.45, 2.75) is 45.4 Å². The van der Waals surface area contributed by atoms with Gasteiger partial charge < -0.3 is 15.4 Å². The molecular weight excluding hydrogens is 302 g/mol. The molecule has 1 atom stereocenters. The van der Waals surface area contributed by atoms with E-state index < -0.39 is 23.3 Å². The Bertz CT molecular complexity index is 542. The average Bonchev–Trinajstić information content (AvgIpc) is 2.40. The number of hydrogen-bond donors (Lipinski definition) is 2. The summed E-state index contributed by atoms with van der Waals surface area (Å²) in [6.07, 6.45) is 1.75. The Morgan fingerprint density at radius 1 is 1.35 bits per heavy atom. The van der Waals surface area contributed by atoms with E-state index in [0.717, 1.165) is 12.1 Å². The summed E-state index contributed by atoms with van der Waals surface area (Å²) in [5.41, 5.74) is 0.0561. The van der Waals surface area contributed by atoms with Crippen molar-refractivity contribution >= 4 is 6.09 Å². The molecule has 0 aliphatic carbocycles. The molecule has 1 aromatic rings. The van der Waals surface area contributed by atoms with Gasteiger partial charge in [-0.25, -0.2) is 13.6 Å². The highest BCUT2D eigenvalue weighted by atomic mass is 19.2. The standard InChI is InChI=1S/C17H24F2N2O2/c1-5-6-13(21-16(22)23-17(2,3)4)11-20-10-12-7-8-14(18)15(19)9-12/h5,7-9,13,20H,1,6,10-11H2,2-4H3,(H,21,22)/t13-/m1/s1. The first-order valence-electron chi connectivity index (χ1n) is 7.46. The molecule has 0 bridgehead atoms. The zero-order valence-electron chi connectivity index (χ0n) is 13.8. The summed E-state index contributed by atoms with van der Waals surface area (Å²) in [6, 6.07) is 3.54. The predicted molar refractivity (Wildman–Crippen MR) is 86.0 cm³/mol. The van der Waals surface area contributed by atoms with E-state index in [9.17, 15) is 13.6 Å². The van der Waals surface area contributed by atoms with Gasteiger partial charge in [-0.1, -0.05) is 12.1 Å². The second-order valence-corrected chi connectivity index (χ2v) is 6.25. The molecule has 1 amide bonds. The zero-order chi connectivity index (χ0) is 17.5. The maximum absolute atomic E-state index is 13.1. The number of carbonyl (C=O) groups is 1. The third-order valence-corrected chi connectivity index (χ3v) is 2.88. The van der Waals surface area contributed by atoms with E-state index in [0.29, 0.717) is 25.1 Å². The molecule has 1 aromatic carbocycles. The van der Waals surface area contributed by atoms with Gasteiger partial charge in [-0.05, 0) is 44.9 Å². The number of carbonyl (C=O) groups excluding carboxylic acids is 1. The van der Waals surface area contributed by atoms with E-state index in [1.165, 1.54) is 6.07 Å². The summed E-state index contributed by atoms with van der Waals surface area (Å²) in [5.74, 6) is -1.75. The monoisotopic (exact) mass is 326 g/mol. The van der Waals surface area contributed by atoms with Gasteiger partial charge in [0.2, 0.25) is 0 Å². The van der Waals surface area contributed by atoms with Crippen molar-refractivity contribution in [1.82, 2.24) is 10.6 Å². The molecule has 1 rings (SSSR count). The van der Waals surface area contributed by atoms with Crippen LogP contribution in [-0.4, -0.2) is 24.3 Å². The third-order valence-electron chi connectivity index (χ3n) is 2.88. The summed E-state index contributed by atoms with van der Waals surface area (Å²) >= 11 is 0. The van der Waals surface area contributed by atoms with E-state index in [-0.39, 0.29) is 6.04 Å². The first-order chi connectivity index (χ1) is 10.7. The Morgan fingerprint density at radius 2 is 2.04 bits per heavy atom. The zero-order valence-corrected chi connectivity index (χ0v) is 13.8. The number of halogens is 2. The number of amides is 1. The molecule has 0 aliphatic heterocycles. The van der Waals surface area contributed by atoms with Crippen LogP contribution >= 0.6 is 0 Å². The quantitative estimate of drug-likeness (QED) is 0.754. The largest absolute Gasteiger partial charge is 0.444 e. The third kappa shape index (κ3) is 7.74. The van der Waals surface area contributed by atoms with Crippen LogP contribution in [0.3, 0.4) is 0 Å². The average molecular weight is 326 g/mol. The van der Waals surface area contributed by atoms with Crippen molar-refractivity contribution in [2.75, 3.05) is 6.54 Å². The van der Waals surface area contributed by atoms with E-state index >= 15 is 0 Å². The lowest BCUT2D eigenvalue weighted by Crippen LogP contribution is -2.44. The van der Waals surface area contributed by atoms with E-state index in [4.69, 9.17) is 4.74 Å². The molecule has 0 saturated carbocycles. The number of hydrogen-bond acceptors (Lipinski definition) is 3. The highest BCUT2D eigenvalue weighted by Crippen LogP contribution is 2.09. The Kier molecular flexibility index (Phi) is 7.16. The van der Waals surface area contributed by atoms with Crippen LogP contribution in [0.5, 0.6) is 0 Å². The lowest BCUT2D eigenvalue weighted by Gasteiger charge is -2.23. The fraction of sp³-hybridized carbons (Fsp3) is 0.471. The number of benzene rings is 1. The fourth-order valence-electron chi connectivity index (χ4n) is 1.91. The summed E-state index contributed by atoms with van der Waals surface area (Å²) in [5, 5.41) is 5.85. The van der Waals surface area contributed by atoms with Gasteiger partial charge in [0.15, 0.2) is 11.6 Å². The van der Waals surface area contributed by atoms with Gasteiger partial charge in [0.25, 0.3) is 0 Å². The minimum absolute atomic E-state index is 0.201. The van der Waals surface area contributed by atoms with E-state index in [1.807, 2.05) is 0 Å². The van der Waals surface area contributed by atoms with Gasteiger partial charge in [0, 0.05) is 19.1 Å². The lowest BCUT2D eigenvalue weighted by molar-refractivity contribution is 0.0504. The molecule has 0 spiro atoms. The molecule has 0 saturated heterocycles. The maximum Gasteiger partial charge on any atom is 0.407 e. The van der Waals surface area contributed by atoms with Crippen LogP contribution in [0.25, 0.3) is 0 Å². The van der Waals surface area contributed by atoms with Crippen molar-refractivity contribution in [3.8, 4) is 0 Å². The van der Waals surface area contributed by atoms with Crippen molar-refractivity contribution in [1.29, 1.82) is 0 Å². The van der Waals surface area contributed by atoms with Crippen LogP contribution in [0.2, 0.25) is 0 Å². The number of rotatable bonds is 7. The second-order valence-electron chi connectivity index (χ2n) is 6.25. The molecule has 0 unspecified atom stereocenters. The molecule has 6 heteroatoms. The van der Waals surface area contributed by atoms with Crippen LogP contribution in [0.1, 0.15) is 32.8 Å². The van der Waals surface area contributed by atoms with Crippen molar-refractivity contribution in [3.05, 3.63) is 48.1 Å².